The van der Waals surface area contributed by atoms with E-state index < -0.39 is 0 Å². The Bertz CT molecular complexity index is 1000. The Morgan fingerprint density at radius 3 is 3.12 bits per heavy atom. The molecule has 3 aromatic rings. The first-order chi connectivity index (χ1) is 12.6. The van der Waals surface area contributed by atoms with Gasteiger partial charge in [0.05, 0.1) is 18.2 Å². The minimum atomic E-state index is -0.304. The molecule has 1 aliphatic heterocycles. The molecular formula is C18H16N4O2S2. The Labute approximate surface area is 158 Å². The van der Waals surface area contributed by atoms with E-state index in [1.54, 1.807) is 11.3 Å². The van der Waals surface area contributed by atoms with Crippen LogP contribution in [0.1, 0.15) is 22.9 Å². The summed E-state index contributed by atoms with van der Waals surface area (Å²) in [4.78, 5) is 35.0. The van der Waals surface area contributed by atoms with E-state index in [0.29, 0.717) is 0 Å². The van der Waals surface area contributed by atoms with Gasteiger partial charge in [-0.25, -0.2) is 9.97 Å². The van der Waals surface area contributed by atoms with Crippen molar-refractivity contribution in [1.82, 2.24) is 15.3 Å². The van der Waals surface area contributed by atoms with Crippen molar-refractivity contribution in [3.8, 4) is 0 Å². The summed E-state index contributed by atoms with van der Waals surface area (Å²) in [7, 11) is 0. The van der Waals surface area contributed by atoms with E-state index in [0.717, 1.165) is 31.4 Å². The highest BCUT2D eigenvalue weighted by atomic mass is 32.2. The lowest BCUT2D eigenvalue weighted by Crippen LogP contribution is -2.36. The molecule has 2 amide bonds. The molecule has 0 spiro atoms. The first-order valence-corrected chi connectivity index (χ1v) is 9.92. The zero-order valence-electron chi connectivity index (χ0n) is 14.0. The number of rotatable bonds is 4. The molecule has 1 atom stereocenters. The van der Waals surface area contributed by atoms with Gasteiger partial charge in [0.25, 0.3) is 0 Å². The number of hydrogen-bond donors (Lipinski definition) is 2. The summed E-state index contributed by atoms with van der Waals surface area (Å²) >= 11 is 3.00. The zero-order valence-corrected chi connectivity index (χ0v) is 15.6. The molecule has 0 bridgehead atoms. The Hall–Kier alpha value is -2.45. The predicted octanol–water partition coefficient (Wildman–Crippen LogP) is 3.29. The molecule has 26 heavy (non-hydrogen) atoms. The first-order valence-electron chi connectivity index (χ1n) is 8.12. The number of carbonyl (C=O) groups is 2. The molecule has 3 heterocycles. The van der Waals surface area contributed by atoms with Crippen molar-refractivity contribution >= 4 is 50.8 Å². The topological polar surface area (TPSA) is 84.0 Å². The molecule has 8 heteroatoms. The van der Waals surface area contributed by atoms with Crippen LogP contribution in [0.25, 0.3) is 10.2 Å². The van der Waals surface area contributed by atoms with Crippen LogP contribution in [0.5, 0.6) is 0 Å². The minimum absolute atomic E-state index is 0.0899. The molecule has 1 aliphatic rings. The smallest absolute Gasteiger partial charge is 0.230 e. The van der Waals surface area contributed by atoms with Crippen molar-refractivity contribution in [2.24, 2.45) is 0 Å². The number of carbonyl (C=O) groups excluding carboxylic acids is 2. The second kappa shape index (κ2) is 7.05. The Balaban J connectivity index is 1.45. The summed E-state index contributed by atoms with van der Waals surface area (Å²) in [5.74, 6) is 0.0255. The number of thioether (sulfide) groups is 1. The van der Waals surface area contributed by atoms with E-state index in [4.69, 9.17) is 0 Å². The molecule has 132 valence electrons. The molecular weight excluding hydrogens is 368 g/mol. The van der Waals surface area contributed by atoms with Gasteiger partial charge in [0, 0.05) is 16.0 Å². The van der Waals surface area contributed by atoms with E-state index in [-0.39, 0.29) is 30.0 Å². The summed E-state index contributed by atoms with van der Waals surface area (Å²) in [6.45, 7) is 2.03. The molecule has 0 saturated carbocycles. The quantitative estimate of drug-likeness (QED) is 0.533. The van der Waals surface area contributed by atoms with Gasteiger partial charge in [-0.3, -0.25) is 9.59 Å². The molecule has 2 N–H and O–H groups in total. The Morgan fingerprint density at radius 2 is 2.23 bits per heavy atom. The summed E-state index contributed by atoms with van der Waals surface area (Å²) in [6.07, 6.45) is 1.77. The molecule has 0 radical (unpaired) electrons. The highest BCUT2D eigenvalue weighted by molar-refractivity contribution is 8.00. The number of aryl methyl sites for hydroxylation is 1. The average molecular weight is 384 g/mol. The molecule has 1 unspecified atom stereocenters. The molecule has 1 aromatic carbocycles. The fraction of sp³-hybridized carbons (Fsp3) is 0.222. The van der Waals surface area contributed by atoms with Gasteiger partial charge < -0.3 is 10.6 Å². The number of nitrogens with zero attached hydrogens (tertiary/aromatic N) is 2. The second-order valence-electron chi connectivity index (χ2n) is 6.00. The van der Waals surface area contributed by atoms with Crippen LogP contribution in [-0.4, -0.2) is 27.5 Å². The average Bonchev–Trinajstić information content (AvgIpc) is 3.00. The van der Waals surface area contributed by atoms with Crippen molar-refractivity contribution in [2.75, 3.05) is 11.1 Å². The highest BCUT2D eigenvalue weighted by Crippen LogP contribution is 2.32. The number of fused-ring (bicyclic) bond motifs is 2. The molecule has 4 rings (SSSR count). The lowest BCUT2D eigenvalue weighted by molar-refractivity contribution is -0.120. The van der Waals surface area contributed by atoms with E-state index in [2.05, 4.69) is 20.6 Å². The number of anilines is 1. The summed E-state index contributed by atoms with van der Waals surface area (Å²) in [6, 6.07) is 9.28. The van der Waals surface area contributed by atoms with Gasteiger partial charge in [-0.05, 0) is 24.6 Å². The molecule has 2 aromatic heterocycles. The normalized spacial score (nSPS) is 16.2. The third-order valence-electron chi connectivity index (χ3n) is 4.09. The molecule has 0 fully saturated rings. The summed E-state index contributed by atoms with van der Waals surface area (Å²) in [5, 5.41) is 7.58. The van der Waals surface area contributed by atoms with E-state index >= 15 is 0 Å². The second-order valence-corrected chi connectivity index (χ2v) is 8.20. The maximum atomic E-state index is 12.4. The number of nitrogens with one attached hydrogen (secondary N) is 2. The number of aromatic nitrogens is 2. The van der Waals surface area contributed by atoms with Gasteiger partial charge in [0.15, 0.2) is 0 Å². The van der Waals surface area contributed by atoms with Gasteiger partial charge in [-0.15, -0.1) is 11.3 Å². The summed E-state index contributed by atoms with van der Waals surface area (Å²) < 4.78 is 0. The monoisotopic (exact) mass is 384 g/mol. The van der Waals surface area contributed by atoms with Gasteiger partial charge >= 0.3 is 0 Å². The molecule has 0 saturated heterocycles. The third-order valence-corrected chi connectivity index (χ3v) is 6.05. The lowest BCUT2D eigenvalue weighted by Gasteiger charge is -2.26. The Kier molecular flexibility index (Phi) is 4.60. The maximum absolute atomic E-state index is 12.4. The van der Waals surface area contributed by atoms with E-state index in [1.807, 2.05) is 37.3 Å². The fourth-order valence-corrected chi connectivity index (χ4v) is 4.68. The van der Waals surface area contributed by atoms with Gasteiger partial charge in [0.1, 0.15) is 16.2 Å². The van der Waals surface area contributed by atoms with Crippen LogP contribution in [-0.2, 0) is 9.59 Å². The highest BCUT2D eigenvalue weighted by Gasteiger charge is 2.26. The third kappa shape index (κ3) is 3.42. The molecule has 6 nitrogen and oxygen atoms in total. The van der Waals surface area contributed by atoms with Crippen molar-refractivity contribution in [3.05, 3.63) is 47.1 Å². The Morgan fingerprint density at radius 1 is 1.38 bits per heavy atom. The SMILES string of the molecule is Cc1cc2c(SCC(=O)NC3CC(=O)Nc4ccccc43)ncnc2s1. The molecule has 0 aliphatic carbocycles. The van der Waals surface area contributed by atoms with Crippen LogP contribution < -0.4 is 10.6 Å². The van der Waals surface area contributed by atoms with Crippen LogP contribution in [0.15, 0.2) is 41.7 Å². The van der Waals surface area contributed by atoms with Crippen LogP contribution >= 0.6 is 23.1 Å². The van der Waals surface area contributed by atoms with Crippen molar-refractivity contribution in [3.63, 3.8) is 0 Å². The van der Waals surface area contributed by atoms with Gasteiger partial charge in [-0.2, -0.15) is 0 Å². The standard InChI is InChI=1S/C18H16N4O2S2/c1-10-6-12-17(19-9-20-18(12)26-10)25-8-16(24)22-14-7-15(23)21-13-5-3-2-4-11(13)14/h2-6,9,14H,7-8H2,1H3,(H,21,23)(H,22,24). The van der Waals surface area contributed by atoms with Crippen molar-refractivity contribution in [1.29, 1.82) is 0 Å². The van der Waals surface area contributed by atoms with Crippen LogP contribution in [0.3, 0.4) is 0 Å². The van der Waals surface area contributed by atoms with Crippen LogP contribution in [0.2, 0.25) is 0 Å². The first kappa shape index (κ1) is 17.0. The maximum Gasteiger partial charge on any atom is 0.230 e. The van der Waals surface area contributed by atoms with Crippen LogP contribution in [0, 0.1) is 6.92 Å². The largest absolute Gasteiger partial charge is 0.348 e. The number of hydrogen-bond acceptors (Lipinski definition) is 6. The number of benzene rings is 1. The summed E-state index contributed by atoms with van der Waals surface area (Å²) in [5.41, 5.74) is 1.69. The predicted molar refractivity (Wildman–Crippen MR) is 103 cm³/mol. The number of para-hydroxylation sites is 1. The van der Waals surface area contributed by atoms with Crippen LogP contribution in [0.4, 0.5) is 5.69 Å². The zero-order chi connectivity index (χ0) is 18.1. The van der Waals surface area contributed by atoms with Gasteiger partial charge in [-0.1, -0.05) is 30.0 Å². The van der Waals surface area contributed by atoms with E-state index in [9.17, 15) is 9.59 Å². The van der Waals surface area contributed by atoms with Crippen molar-refractivity contribution in [2.45, 2.75) is 24.4 Å². The van der Waals surface area contributed by atoms with Gasteiger partial charge in [0.2, 0.25) is 11.8 Å². The minimum Gasteiger partial charge on any atom is -0.348 e. The number of amides is 2. The van der Waals surface area contributed by atoms with E-state index in [1.165, 1.54) is 18.1 Å². The lowest BCUT2D eigenvalue weighted by atomic mass is 9.97. The fourth-order valence-electron chi connectivity index (χ4n) is 2.98. The van der Waals surface area contributed by atoms with Crippen molar-refractivity contribution < 1.29 is 9.59 Å². The number of thiophene rings is 1.